The molecule has 0 spiro atoms. The van der Waals surface area contributed by atoms with Gasteiger partial charge in [-0.15, -0.1) is 0 Å². The third-order valence-corrected chi connectivity index (χ3v) is 5.05. The summed E-state index contributed by atoms with van der Waals surface area (Å²) in [4.78, 5) is 16.5. The van der Waals surface area contributed by atoms with Crippen molar-refractivity contribution in [3.05, 3.63) is 90.3 Å². The molecule has 0 aliphatic carbocycles. The highest BCUT2D eigenvalue weighted by molar-refractivity contribution is 5.67. The minimum absolute atomic E-state index is 0.224. The molecule has 5 nitrogen and oxygen atoms in total. The molecule has 1 aliphatic heterocycles. The number of hydrogen-bond donors (Lipinski definition) is 0. The van der Waals surface area contributed by atoms with Crippen LogP contribution in [0.3, 0.4) is 0 Å². The average Bonchev–Trinajstić information content (AvgIpc) is 3.29. The van der Waals surface area contributed by atoms with Gasteiger partial charge in [-0.25, -0.2) is 4.79 Å². The number of rotatable bonds is 5. The molecule has 2 heterocycles. The molecule has 1 saturated heterocycles. The SMILES string of the molecule is O=C(OCc1ccccc1)N1CCN(Cc2cccc(-n3cccc3)c2)CC1. The molecule has 5 heteroatoms. The van der Waals surface area contributed by atoms with Crippen molar-refractivity contribution >= 4 is 6.09 Å². The number of piperazine rings is 1. The first kappa shape index (κ1) is 18.3. The Morgan fingerprint density at radius 2 is 1.54 bits per heavy atom. The van der Waals surface area contributed by atoms with E-state index in [1.807, 2.05) is 42.5 Å². The van der Waals surface area contributed by atoms with Gasteiger partial charge in [0.15, 0.2) is 0 Å². The van der Waals surface area contributed by atoms with Crippen LogP contribution in [0.25, 0.3) is 5.69 Å². The van der Waals surface area contributed by atoms with Crippen LogP contribution < -0.4 is 0 Å². The van der Waals surface area contributed by atoms with Crippen molar-refractivity contribution in [3.63, 3.8) is 0 Å². The molecule has 3 aromatic rings. The Morgan fingerprint density at radius 1 is 0.821 bits per heavy atom. The van der Waals surface area contributed by atoms with Gasteiger partial charge >= 0.3 is 6.09 Å². The fourth-order valence-corrected chi connectivity index (χ4v) is 3.48. The van der Waals surface area contributed by atoms with E-state index in [1.54, 1.807) is 4.90 Å². The topological polar surface area (TPSA) is 37.7 Å². The van der Waals surface area contributed by atoms with Gasteiger partial charge in [-0.05, 0) is 35.4 Å². The number of nitrogens with zero attached hydrogens (tertiary/aromatic N) is 3. The van der Waals surface area contributed by atoms with Crippen molar-refractivity contribution in [2.45, 2.75) is 13.2 Å². The maximum absolute atomic E-state index is 12.3. The first-order valence-electron chi connectivity index (χ1n) is 9.68. The highest BCUT2D eigenvalue weighted by atomic mass is 16.6. The molecule has 1 fully saturated rings. The quantitative estimate of drug-likeness (QED) is 0.678. The largest absolute Gasteiger partial charge is 0.445 e. The molecule has 1 aliphatic rings. The molecule has 1 aromatic heterocycles. The average molecular weight is 375 g/mol. The molecular weight excluding hydrogens is 350 g/mol. The number of amides is 1. The van der Waals surface area contributed by atoms with E-state index in [9.17, 15) is 4.79 Å². The number of carbonyl (C=O) groups excluding carboxylic acids is 1. The van der Waals surface area contributed by atoms with E-state index in [4.69, 9.17) is 4.74 Å². The van der Waals surface area contributed by atoms with Crippen LogP contribution in [0.4, 0.5) is 4.79 Å². The van der Waals surface area contributed by atoms with Crippen LogP contribution in [0.5, 0.6) is 0 Å². The summed E-state index contributed by atoms with van der Waals surface area (Å²) in [7, 11) is 0. The van der Waals surface area contributed by atoms with E-state index in [1.165, 1.54) is 11.3 Å². The van der Waals surface area contributed by atoms with E-state index in [0.717, 1.165) is 25.2 Å². The lowest BCUT2D eigenvalue weighted by Gasteiger charge is -2.34. The first-order chi connectivity index (χ1) is 13.8. The summed E-state index contributed by atoms with van der Waals surface area (Å²) in [5.41, 5.74) is 3.47. The standard InChI is InChI=1S/C23H25N3O2/c27-23(28-19-20-7-2-1-3-8-20)26-15-13-24(14-16-26)18-21-9-6-10-22(17-21)25-11-4-5-12-25/h1-12,17H,13-16,18-19H2. The monoisotopic (exact) mass is 375 g/mol. The van der Waals surface area contributed by atoms with Crippen molar-refractivity contribution < 1.29 is 9.53 Å². The number of hydrogen-bond acceptors (Lipinski definition) is 3. The lowest BCUT2D eigenvalue weighted by molar-refractivity contribution is 0.0700. The molecule has 144 valence electrons. The second-order valence-electron chi connectivity index (χ2n) is 7.06. The molecule has 2 aromatic carbocycles. The van der Waals surface area contributed by atoms with E-state index >= 15 is 0 Å². The van der Waals surface area contributed by atoms with Crippen LogP contribution >= 0.6 is 0 Å². The zero-order valence-electron chi connectivity index (χ0n) is 15.9. The molecule has 0 atom stereocenters. The third-order valence-electron chi connectivity index (χ3n) is 5.05. The van der Waals surface area contributed by atoms with Crippen molar-refractivity contribution in [1.82, 2.24) is 14.4 Å². The maximum atomic E-state index is 12.3. The second kappa shape index (κ2) is 8.76. The summed E-state index contributed by atoms with van der Waals surface area (Å²) in [6.07, 6.45) is 3.89. The summed E-state index contributed by atoms with van der Waals surface area (Å²) >= 11 is 0. The molecule has 28 heavy (non-hydrogen) atoms. The van der Waals surface area contributed by atoms with Gasteiger partial charge in [-0.2, -0.15) is 0 Å². The zero-order chi connectivity index (χ0) is 19.2. The summed E-state index contributed by atoms with van der Waals surface area (Å²) in [6.45, 7) is 4.33. The molecule has 4 rings (SSSR count). The normalized spacial score (nSPS) is 14.8. The van der Waals surface area contributed by atoms with Crippen LogP contribution in [-0.4, -0.2) is 46.6 Å². The van der Waals surface area contributed by atoms with E-state index in [0.29, 0.717) is 19.7 Å². The smallest absolute Gasteiger partial charge is 0.410 e. The van der Waals surface area contributed by atoms with Gasteiger partial charge in [0.1, 0.15) is 6.61 Å². The minimum atomic E-state index is -0.224. The number of aromatic nitrogens is 1. The van der Waals surface area contributed by atoms with Crippen LogP contribution in [0.2, 0.25) is 0 Å². The highest BCUT2D eigenvalue weighted by Gasteiger charge is 2.22. The highest BCUT2D eigenvalue weighted by Crippen LogP contribution is 2.14. The van der Waals surface area contributed by atoms with Crippen LogP contribution in [0.15, 0.2) is 79.1 Å². The van der Waals surface area contributed by atoms with Crippen LogP contribution in [0.1, 0.15) is 11.1 Å². The van der Waals surface area contributed by atoms with E-state index < -0.39 is 0 Å². The summed E-state index contributed by atoms with van der Waals surface area (Å²) in [5, 5.41) is 0. The number of ether oxygens (including phenoxy) is 1. The van der Waals surface area contributed by atoms with E-state index in [2.05, 4.69) is 46.1 Å². The van der Waals surface area contributed by atoms with Crippen LogP contribution in [0, 0.1) is 0 Å². The molecule has 0 unspecified atom stereocenters. The minimum Gasteiger partial charge on any atom is -0.445 e. The van der Waals surface area contributed by atoms with Crippen LogP contribution in [-0.2, 0) is 17.9 Å². The predicted octanol–water partition coefficient (Wildman–Crippen LogP) is 3.93. The Balaban J connectivity index is 1.26. The van der Waals surface area contributed by atoms with Crippen molar-refractivity contribution in [1.29, 1.82) is 0 Å². The van der Waals surface area contributed by atoms with Gasteiger partial charge < -0.3 is 14.2 Å². The first-order valence-corrected chi connectivity index (χ1v) is 9.68. The van der Waals surface area contributed by atoms with Gasteiger partial charge in [0.25, 0.3) is 0 Å². The van der Waals surface area contributed by atoms with Gasteiger partial charge in [-0.3, -0.25) is 4.90 Å². The fourth-order valence-electron chi connectivity index (χ4n) is 3.48. The molecule has 0 N–H and O–H groups in total. The van der Waals surface area contributed by atoms with Gasteiger partial charge in [0.05, 0.1) is 0 Å². The van der Waals surface area contributed by atoms with E-state index in [-0.39, 0.29) is 6.09 Å². The Hall–Kier alpha value is -3.05. The lowest BCUT2D eigenvalue weighted by atomic mass is 10.1. The van der Waals surface area contributed by atoms with Crippen molar-refractivity contribution in [2.24, 2.45) is 0 Å². The lowest BCUT2D eigenvalue weighted by Crippen LogP contribution is -2.48. The predicted molar refractivity (Wildman–Crippen MR) is 109 cm³/mol. The molecule has 1 amide bonds. The second-order valence-corrected chi connectivity index (χ2v) is 7.06. The third kappa shape index (κ3) is 4.61. The summed E-state index contributed by atoms with van der Waals surface area (Å²) in [5.74, 6) is 0. The molecule has 0 saturated carbocycles. The molecule has 0 radical (unpaired) electrons. The maximum Gasteiger partial charge on any atom is 0.410 e. The molecular formula is C23H25N3O2. The summed E-state index contributed by atoms with van der Waals surface area (Å²) < 4.78 is 7.56. The Bertz CT molecular complexity index is 885. The molecule has 0 bridgehead atoms. The Morgan fingerprint density at radius 3 is 2.29 bits per heavy atom. The summed E-state index contributed by atoms with van der Waals surface area (Å²) in [6, 6.07) is 22.4. The van der Waals surface area contributed by atoms with Gasteiger partial charge in [0, 0.05) is 50.8 Å². The zero-order valence-corrected chi connectivity index (χ0v) is 15.9. The van der Waals surface area contributed by atoms with Crippen molar-refractivity contribution in [3.8, 4) is 5.69 Å². The number of carbonyl (C=O) groups is 1. The Labute approximate surface area is 165 Å². The number of benzene rings is 2. The van der Waals surface area contributed by atoms with Gasteiger partial charge in [0.2, 0.25) is 0 Å². The van der Waals surface area contributed by atoms with Gasteiger partial charge in [-0.1, -0.05) is 42.5 Å². The Kier molecular flexibility index (Phi) is 5.73. The fraction of sp³-hybridized carbons (Fsp3) is 0.261. The van der Waals surface area contributed by atoms with Crippen molar-refractivity contribution in [2.75, 3.05) is 26.2 Å².